The Balaban J connectivity index is 1.21. The summed E-state index contributed by atoms with van der Waals surface area (Å²) < 4.78 is 33.7. The quantitative estimate of drug-likeness (QED) is 0.0840. The van der Waals surface area contributed by atoms with Gasteiger partial charge in [-0.25, -0.2) is 0 Å². The molecule has 0 radical (unpaired) electrons. The summed E-state index contributed by atoms with van der Waals surface area (Å²) in [5.74, 6) is -0.443. The van der Waals surface area contributed by atoms with E-state index in [0.717, 1.165) is 17.3 Å². The van der Waals surface area contributed by atoms with Crippen molar-refractivity contribution in [2.45, 2.75) is 17.7 Å². The first-order chi connectivity index (χ1) is 21.3. The van der Waals surface area contributed by atoms with Crippen LogP contribution in [0, 0.1) is 0 Å². The Hall–Kier alpha value is -3.61. The van der Waals surface area contributed by atoms with Crippen molar-refractivity contribution in [1.82, 2.24) is 4.72 Å². The van der Waals surface area contributed by atoms with Crippen molar-refractivity contribution in [1.29, 1.82) is 0 Å². The number of nitrogens with one attached hydrogen (secondary N) is 1. The summed E-state index contributed by atoms with van der Waals surface area (Å²) >= 11 is 4.40. The molecule has 0 bridgehead atoms. The van der Waals surface area contributed by atoms with Gasteiger partial charge < -0.3 is 0 Å². The summed E-state index contributed by atoms with van der Waals surface area (Å²) in [6, 6.07) is 47.8. The second-order valence-corrected chi connectivity index (χ2v) is 21.4. The van der Waals surface area contributed by atoms with E-state index in [1.165, 1.54) is 15.9 Å². The van der Waals surface area contributed by atoms with E-state index in [0.29, 0.717) is 6.42 Å². The number of halogens is 1. The Bertz CT molecular complexity index is 1670. The third-order valence-corrected chi connectivity index (χ3v) is 19.3. The summed E-state index contributed by atoms with van der Waals surface area (Å²) in [6.45, 7) is 0.181. The minimum absolute atomic E-state index is 0.0441. The fraction of sp³-hybridized carbons (Fsp3) is 0.139. The number of hydrogen-bond donors (Lipinski definition) is 1. The Morgan fingerprint density at radius 1 is 0.636 bits per heavy atom. The van der Waals surface area contributed by atoms with Crippen molar-refractivity contribution in [3.63, 3.8) is 0 Å². The molecule has 5 aromatic rings. The average Bonchev–Trinajstić information content (AvgIpc) is 3.08. The number of benzene rings is 5. The van der Waals surface area contributed by atoms with E-state index < -0.39 is 21.3 Å². The van der Waals surface area contributed by atoms with Gasteiger partial charge in [0.05, 0.1) is 0 Å². The van der Waals surface area contributed by atoms with E-state index in [2.05, 4.69) is 93.0 Å². The van der Waals surface area contributed by atoms with Crippen LogP contribution in [0.4, 0.5) is 0 Å². The second-order valence-electron chi connectivity index (χ2n) is 10.5. The van der Waals surface area contributed by atoms with Crippen LogP contribution < -0.4 is 20.6 Å². The molecular weight excluding hydrogens is 653 g/mol. The molecule has 0 unspecified atom stereocenters. The molecule has 8 heteroatoms. The average molecular weight is 689 g/mol. The first kappa shape index (κ1) is 31.8. The molecule has 1 N–H and O–H groups in total. The molecule has 0 saturated carbocycles. The molecule has 0 fully saturated rings. The van der Waals surface area contributed by atoms with Crippen molar-refractivity contribution < 1.29 is 17.9 Å². The number of sulfonamides is 1. The Kier molecular flexibility index (Phi) is 10.1. The van der Waals surface area contributed by atoms with Crippen LogP contribution in [-0.2, 0) is 19.6 Å². The van der Waals surface area contributed by atoms with Gasteiger partial charge in [0.15, 0.2) is 0 Å². The van der Waals surface area contributed by atoms with Gasteiger partial charge in [-0.05, 0) is 11.1 Å². The van der Waals surface area contributed by atoms with Gasteiger partial charge in [-0.2, -0.15) is 0 Å². The van der Waals surface area contributed by atoms with Crippen molar-refractivity contribution in [2.24, 2.45) is 0 Å². The number of ether oxygens (including phenoxy) is 1. The van der Waals surface area contributed by atoms with Crippen LogP contribution in [0.5, 0.6) is 0 Å². The van der Waals surface area contributed by atoms with Crippen molar-refractivity contribution in [3.05, 3.63) is 146 Å². The van der Waals surface area contributed by atoms with Crippen molar-refractivity contribution in [3.8, 4) is 11.1 Å². The van der Waals surface area contributed by atoms with E-state index in [-0.39, 0.29) is 24.5 Å². The number of rotatable bonds is 13. The van der Waals surface area contributed by atoms with Crippen LogP contribution in [0.25, 0.3) is 11.1 Å². The maximum absolute atomic E-state index is 12.8. The van der Waals surface area contributed by atoms with Gasteiger partial charge in [-0.3, -0.25) is 0 Å². The van der Waals surface area contributed by atoms with E-state index in [1.54, 1.807) is 24.3 Å². The number of carbonyl (C=O) groups excluding carboxylic acids is 1. The SMILES string of the molecule is O=C(CCNS(=O)(=O)c1ccc(-c2ccccc2)cc1)OCCCP(Br)(c1ccccc1)(c1ccccc1)c1ccccc1. The first-order valence-electron chi connectivity index (χ1n) is 14.5. The van der Waals surface area contributed by atoms with Crippen molar-refractivity contribution >= 4 is 52.7 Å². The zero-order valence-electron chi connectivity index (χ0n) is 24.3. The normalized spacial score (nSPS) is 12.6. The molecule has 0 aliphatic carbocycles. The monoisotopic (exact) mass is 687 g/mol. The van der Waals surface area contributed by atoms with Crippen LogP contribution in [0.2, 0.25) is 0 Å². The van der Waals surface area contributed by atoms with Crippen LogP contribution in [0.3, 0.4) is 0 Å². The molecule has 0 heterocycles. The van der Waals surface area contributed by atoms with Crippen LogP contribution in [0.15, 0.2) is 150 Å². The maximum atomic E-state index is 12.8. The molecule has 0 atom stereocenters. The molecule has 5 aromatic carbocycles. The Morgan fingerprint density at radius 3 is 1.55 bits per heavy atom. The molecule has 5 rings (SSSR count). The van der Waals surface area contributed by atoms with E-state index in [1.807, 2.05) is 48.5 Å². The molecule has 0 amide bonds. The molecular formula is C36H35BrNO4PS. The van der Waals surface area contributed by atoms with Gasteiger partial charge in [-0.1, -0.05) is 30.3 Å². The van der Waals surface area contributed by atoms with Crippen molar-refractivity contribution in [2.75, 3.05) is 19.3 Å². The van der Waals surface area contributed by atoms with Gasteiger partial charge in [0, 0.05) is 0 Å². The molecule has 0 aliphatic heterocycles. The van der Waals surface area contributed by atoms with Gasteiger partial charge in [-0.15, -0.1) is 0 Å². The first-order valence-corrected chi connectivity index (χ1v) is 20.4. The van der Waals surface area contributed by atoms with Gasteiger partial charge in [0.1, 0.15) is 0 Å². The zero-order valence-corrected chi connectivity index (χ0v) is 27.6. The predicted molar refractivity (Wildman–Crippen MR) is 186 cm³/mol. The summed E-state index contributed by atoms with van der Waals surface area (Å²) in [4.78, 5) is 12.8. The zero-order chi connectivity index (χ0) is 30.9. The van der Waals surface area contributed by atoms with Gasteiger partial charge in [0.2, 0.25) is 0 Å². The summed E-state index contributed by atoms with van der Waals surface area (Å²) in [5, 5.41) is 0.510. The molecule has 44 heavy (non-hydrogen) atoms. The van der Waals surface area contributed by atoms with E-state index >= 15 is 0 Å². The third kappa shape index (κ3) is 6.87. The van der Waals surface area contributed by atoms with Gasteiger partial charge in [0.25, 0.3) is 0 Å². The fourth-order valence-electron chi connectivity index (χ4n) is 5.50. The molecule has 5 nitrogen and oxygen atoms in total. The topological polar surface area (TPSA) is 72.5 Å². The molecule has 0 aliphatic rings. The van der Waals surface area contributed by atoms with E-state index in [9.17, 15) is 13.2 Å². The summed E-state index contributed by atoms with van der Waals surface area (Å²) in [7, 11) is -3.76. The summed E-state index contributed by atoms with van der Waals surface area (Å²) in [6.07, 6.45) is 1.30. The van der Waals surface area contributed by atoms with Crippen LogP contribution in [-0.4, -0.2) is 33.7 Å². The minimum atomic E-state index is -3.76. The van der Waals surface area contributed by atoms with Crippen LogP contribution >= 0.6 is 20.8 Å². The third-order valence-electron chi connectivity index (χ3n) is 7.76. The van der Waals surface area contributed by atoms with Crippen LogP contribution in [0.1, 0.15) is 12.8 Å². The molecule has 226 valence electrons. The predicted octanol–water partition coefficient (Wildman–Crippen LogP) is 6.80. The van der Waals surface area contributed by atoms with Gasteiger partial charge >= 0.3 is 228 Å². The molecule has 0 saturated heterocycles. The summed E-state index contributed by atoms with van der Waals surface area (Å²) in [5.41, 5.74) is 1.94. The molecule has 0 aromatic heterocycles. The Morgan fingerprint density at radius 2 is 1.07 bits per heavy atom. The molecule has 0 spiro atoms. The second kappa shape index (κ2) is 14.0. The van der Waals surface area contributed by atoms with E-state index in [4.69, 9.17) is 4.74 Å². The number of carbonyl (C=O) groups is 1. The number of hydrogen-bond acceptors (Lipinski definition) is 4. The number of esters is 1. The fourth-order valence-corrected chi connectivity index (χ4v) is 14.2. The Labute approximate surface area is 268 Å². The standard InChI is InChI=1S/C36H35BrNO4PS/c37-43(32-16-7-2-8-17-32,33-18-9-3-10-19-33,34-20-11-4-12-21-34)29-13-28-42-36(39)26-27-38-44(40,41)35-24-22-31(23-25-35)30-14-5-1-6-15-30/h1-12,14-25,38H,13,26-29H2.